The lowest BCUT2D eigenvalue weighted by Gasteiger charge is -2.11. The molecule has 0 bridgehead atoms. The molecule has 0 radical (unpaired) electrons. The average molecular weight is 274 g/mol. The predicted molar refractivity (Wildman–Crippen MR) is 74.9 cm³/mol. The van der Waals surface area contributed by atoms with Gasteiger partial charge in [0.1, 0.15) is 0 Å². The molecule has 2 aromatic rings. The van der Waals surface area contributed by atoms with Gasteiger partial charge in [-0.3, -0.25) is 10.1 Å². The van der Waals surface area contributed by atoms with Crippen LogP contribution in [0, 0.1) is 17.0 Å². The first-order chi connectivity index (χ1) is 9.49. The van der Waals surface area contributed by atoms with E-state index in [1.807, 2.05) is 0 Å². The Kier molecular flexibility index (Phi) is 3.74. The predicted octanol–water partition coefficient (Wildman–Crippen LogP) is 2.93. The summed E-state index contributed by atoms with van der Waals surface area (Å²) in [5, 5.41) is 32.8. The topological polar surface area (TPSA) is 95.6 Å². The van der Waals surface area contributed by atoms with Crippen molar-refractivity contribution < 1.29 is 15.1 Å². The number of phenolic OH excluding ortho intramolecular Hbond substituents is 2. The Morgan fingerprint density at radius 3 is 2.65 bits per heavy atom. The van der Waals surface area contributed by atoms with E-state index in [1.54, 1.807) is 25.1 Å². The second kappa shape index (κ2) is 5.48. The van der Waals surface area contributed by atoms with Crippen LogP contribution >= 0.6 is 0 Å². The number of benzene rings is 2. The lowest BCUT2D eigenvalue weighted by atomic mass is 10.1. The molecule has 0 saturated carbocycles. The molecule has 6 heteroatoms. The molecule has 2 aromatic carbocycles. The van der Waals surface area contributed by atoms with Gasteiger partial charge in [-0.2, -0.15) is 0 Å². The van der Waals surface area contributed by atoms with E-state index >= 15 is 0 Å². The number of hydrogen-bond acceptors (Lipinski definition) is 5. The van der Waals surface area contributed by atoms with Gasteiger partial charge in [0.25, 0.3) is 5.69 Å². The van der Waals surface area contributed by atoms with Crippen molar-refractivity contribution in [2.45, 2.75) is 13.5 Å². The maximum absolute atomic E-state index is 10.7. The number of nitro benzene ring substituents is 1. The van der Waals surface area contributed by atoms with Gasteiger partial charge in [-0.05, 0) is 24.6 Å². The number of anilines is 1. The highest BCUT2D eigenvalue weighted by molar-refractivity contribution is 5.56. The van der Waals surface area contributed by atoms with Crippen LogP contribution in [0.15, 0.2) is 36.4 Å². The Hall–Kier alpha value is -2.76. The summed E-state index contributed by atoms with van der Waals surface area (Å²) in [5.74, 6) is -0.343. The van der Waals surface area contributed by atoms with Crippen LogP contribution in [0.2, 0.25) is 0 Å². The molecule has 2 rings (SSSR count). The number of nitrogens with one attached hydrogen (secondary N) is 1. The summed E-state index contributed by atoms with van der Waals surface area (Å²) in [6.07, 6.45) is 0. The Labute approximate surface area is 115 Å². The molecule has 0 aliphatic heterocycles. The van der Waals surface area contributed by atoms with Crippen molar-refractivity contribution in [3.8, 4) is 11.5 Å². The number of para-hydroxylation sites is 1. The fourth-order valence-electron chi connectivity index (χ4n) is 1.87. The van der Waals surface area contributed by atoms with E-state index in [0.717, 1.165) is 11.3 Å². The van der Waals surface area contributed by atoms with Gasteiger partial charge in [0, 0.05) is 29.9 Å². The molecule has 0 amide bonds. The number of hydrogen-bond donors (Lipinski definition) is 3. The Morgan fingerprint density at radius 1 is 1.25 bits per heavy atom. The summed E-state index contributed by atoms with van der Waals surface area (Å²) in [6, 6.07) is 9.23. The molecule has 6 nitrogen and oxygen atoms in total. The second-order valence-corrected chi connectivity index (χ2v) is 4.39. The molecule has 3 N–H and O–H groups in total. The molecule has 104 valence electrons. The van der Waals surface area contributed by atoms with Gasteiger partial charge in [0.05, 0.1) is 4.92 Å². The van der Waals surface area contributed by atoms with Gasteiger partial charge >= 0.3 is 0 Å². The Bertz CT molecular complexity index is 656. The normalized spacial score (nSPS) is 10.2. The summed E-state index contributed by atoms with van der Waals surface area (Å²) < 4.78 is 0. The van der Waals surface area contributed by atoms with E-state index in [4.69, 9.17) is 0 Å². The van der Waals surface area contributed by atoms with Gasteiger partial charge < -0.3 is 15.5 Å². The lowest BCUT2D eigenvalue weighted by Crippen LogP contribution is -2.02. The Morgan fingerprint density at radius 2 is 2.00 bits per heavy atom. The highest BCUT2D eigenvalue weighted by Gasteiger charge is 2.09. The minimum absolute atomic E-state index is 0.0354. The maximum atomic E-state index is 10.7. The Balaban J connectivity index is 2.15. The zero-order chi connectivity index (χ0) is 14.7. The summed E-state index contributed by atoms with van der Waals surface area (Å²) >= 11 is 0. The SMILES string of the molecule is Cc1cc([N+](=O)[O-])ccc1NCc1cccc(O)c1O. The van der Waals surface area contributed by atoms with Crippen LogP contribution in [0.3, 0.4) is 0 Å². The van der Waals surface area contributed by atoms with E-state index in [0.29, 0.717) is 12.1 Å². The van der Waals surface area contributed by atoms with Gasteiger partial charge in [-0.25, -0.2) is 0 Å². The highest BCUT2D eigenvalue weighted by Crippen LogP contribution is 2.29. The van der Waals surface area contributed by atoms with Gasteiger partial charge in [0.15, 0.2) is 11.5 Å². The van der Waals surface area contributed by atoms with E-state index < -0.39 is 4.92 Å². The fourth-order valence-corrected chi connectivity index (χ4v) is 1.87. The third-order valence-electron chi connectivity index (χ3n) is 2.99. The first kappa shape index (κ1) is 13.7. The quantitative estimate of drug-likeness (QED) is 0.452. The number of nitro groups is 1. The standard InChI is InChI=1S/C14H14N2O4/c1-9-7-11(16(19)20)5-6-12(9)15-8-10-3-2-4-13(17)14(10)18/h2-7,15,17-18H,8H2,1H3. The summed E-state index contributed by atoms with van der Waals surface area (Å²) in [7, 11) is 0. The van der Waals surface area contributed by atoms with Crippen LogP contribution in [0.1, 0.15) is 11.1 Å². The van der Waals surface area contributed by atoms with Gasteiger partial charge in [-0.15, -0.1) is 0 Å². The number of aryl methyl sites for hydroxylation is 1. The molecule has 0 aliphatic carbocycles. The number of nitrogens with zero attached hydrogens (tertiary/aromatic N) is 1. The van der Waals surface area contributed by atoms with Crippen molar-refractivity contribution in [3.05, 3.63) is 57.6 Å². The minimum atomic E-state index is -0.447. The molecular weight excluding hydrogens is 260 g/mol. The van der Waals surface area contributed by atoms with Crippen molar-refractivity contribution in [2.24, 2.45) is 0 Å². The summed E-state index contributed by atoms with van der Waals surface area (Å²) in [6.45, 7) is 2.07. The van der Waals surface area contributed by atoms with Crippen molar-refractivity contribution >= 4 is 11.4 Å². The summed E-state index contributed by atoms with van der Waals surface area (Å²) in [4.78, 5) is 10.2. The molecule has 0 unspecified atom stereocenters. The molecule has 0 heterocycles. The van der Waals surface area contributed by atoms with Crippen LogP contribution in [0.5, 0.6) is 11.5 Å². The monoisotopic (exact) mass is 274 g/mol. The largest absolute Gasteiger partial charge is 0.504 e. The molecule has 0 spiro atoms. The number of phenols is 2. The zero-order valence-corrected chi connectivity index (χ0v) is 10.8. The van der Waals surface area contributed by atoms with Crippen molar-refractivity contribution in [1.29, 1.82) is 0 Å². The fraction of sp³-hybridized carbons (Fsp3) is 0.143. The minimum Gasteiger partial charge on any atom is -0.504 e. The molecule has 0 saturated heterocycles. The lowest BCUT2D eigenvalue weighted by molar-refractivity contribution is -0.384. The third kappa shape index (κ3) is 2.80. The maximum Gasteiger partial charge on any atom is 0.269 e. The number of aromatic hydroxyl groups is 2. The van der Waals surface area contributed by atoms with Crippen molar-refractivity contribution in [2.75, 3.05) is 5.32 Å². The molecule has 20 heavy (non-hydrogen) atoms. The molecule has 0 fully saturated rings. The smallest absolute Gasteiger partial charge is 0.269 e. The first-order valence-electron chi connectivity index (χ1n) is 5.98. The van der Waals surface area contributed by atoms with E-state index in [2.05, 4.69) is 5.32 Å². The summed E-state index contributed by atoms with van der Waals surface area (Å²) in [5.41, 5.74) is 2.05. The third-order valence-corrected chi connectivity index (χ3v) is 2.99. The molecule has 0 aliphatic rings. The van der Waals surface area contributed by atoms with Gasteiger partial charge in [0.2, 0.25) is 0 Å². The molecule has 0 atom stereocenters. The van der Waals surface area contributed by atoms with Crippen LogP contribution in [-0.2, 0) is 6.54 Å². The van der Waals surface area contributed by atoms with Gasteiger partial charge in [-0.1, -0.05) is 12.1 Å². The van der Waals surface area contributed by atoms with Crippen molar-refractivity contribution in [1.82, 2.24) is 0 Å². The van der Waals surface area contributed by atoms with Crippen LogP contribution in [0.25, 0.3) is 0 Å². The second-order valence-electron chi connectivity index (χ2n) is 4.39. The number of rotatable bonds is 4. The number of non-ortho nitro benzene ring substituents is 1. The van der Waals surface area contributed by atoms with Crippen LogP contribution in [-0.4, -0.2) is 15.1 Å². The first-order valence-corrected chi connectivity index (χ1v) is 5.98. The van der Waals surface area contributed by atoms with E-state index in [1.165, 1.54) is 18.2 Å². The van der Waals surface area contributed by atoms with E-state index in [-0.39, 0.29) is 17.2 Å². The van der Waals surface area contributed by atoms with Crippen molar-refractivity contribution in [3.63, 3.8) is 0 Å². The highest BCUT2D eigenvalue weighted by atomic mass is 16.6. The van der Waals surface area contributed by atoms with Crippen LogP contribution < -0.4 is 5.32 Å². The van der Waals surface area contributed by atoms with E-state index in [9.17, 15) is 20.3 Å². The zero-order valence-electron chi connectivity index (χ0n) is 10.8. The molecular formula is C14H14N2O4. The average Bonchev–Trinajstić information content (AvgIpc) is 2.41. The van der Waals surface area contributed by atoms with Crippen LogP contribution in [0.4, 0.5) is 11.4 Å². The molecule has 0 aromatic heterocycles.